The third-order valence-corrected chi connectivity index (χ3v) is 2.15. The van der Waals surface area contributed by atoms with Crippen molar-refractivity contribution in [3.05, 3.63) is 11.4 Å². The molecule has 0 aliphatic carbocycles. The molecule has 4 heteroatoms. The van der Waals surface area contributed by atoms with Crippen LogP contribution in [0.3, 0.4) is 0 Å². The number of hydrogen-bond donors (Lipinski definition) is 1. The molecule has 0 bridgehead atoms. The summed E-state index contributed by atoms with van der Waals surface area (Å²) in [5.74, 6) is 0.668. The first-order valence-electron chi connectivity index (χ1n) is 4.65. The first-order valence-corrected chi connectivity index (χ1v) is 4.65. The van der Waals surface area contributed by atoms with Gasteiger partial charge in [-0.25, -0.2) is 4.68 Å². The zero-order valence-electron chi connectivity index (χ0n) is 8.49. The zero-order valence-corrected chi connectivity index (χ0v) is 8.49. The van der Waals surface area contributed by atoms with Crippen molar-refractivity contribution in [2.45, 2.75) is 40.3 Å². The summed E-state index contributed by atoms with van der Waals surface area (Å²) in [5, 5.41) is 16.7. The van der Waals surface area contributed by atoms with Crippen molar-refractivity contribution in [1.82, 2.24) is 15.0 Å². The van der Waals surface area contributed by atoms with Crippen molar-refractivity contribution in [2.24, 2.45) is 5.92 Å². The van der Waals surface area contributed by atoms with E-state index in [9.17, 15) is 0 Å². The number of aryl methyl sites for hydroxylation is 1. The van der Waals surface area contributed by atoms with Crippen LogP contribution in [0.15, 0.2) is 0 Å². The number of aliphatic hydroxyl groups excluding tert-OH is 1. The molecule has 0 unspecified atom stereocenters. The lowest BCUT2D eigenvalue weighted by molar-refractivity contribution is 0.276. The van der Waals surface area contributed by atoms with Gasteiger partial charge in [-0.15, -0.1) is 5.10 Å². The van der Waals surface area contributed by atoms with E-state index in [2.05, 4.69) is 24.2 Å². The third kappa shape index (κ3) is 2.52. The van der Waals surface area contributed by atoms with Crippen LogP contribution >= 0.6 is 0 Å². The second-order valence-corrected chi connectivity index (χ2v) is 3.69. The van der Waals surface area contributed by atoms with E-state index in [1.165, 1.54) is 0 Å². The van der Waals surface area contributed by atoms with Crippen LogP contribution in [0, 0.1) is 12.8 Å². The molecule has 0 radical (unpaired) electrons. The molecule has 4 nitrogen and oxygen atoms in total. The summed E-state index contributed by atoms with van der Waals surface area (Å²) < 4.78 is 1.85. The van der Waals surface area contributed by atoms with Gasteiger partial charge in [0.05, 0.1) is 12.3 Å². The SMILES string of the molecule is Cc1c(CO)nnn1CCC(C)C. The van der Waals surface area contributed by atoms with Crippen molar-refractivity contribution >= 4 is 0 Å². The predicted octanol–water partition coefficient (Wildman–Crippen LogP) is 1.12. The summed E-state index contributed by atoms with van der Waals surface area (Å²) in [7, 11) is 0. The lowest BCUT2D eigenvalue weighted by Crippen LogP contribution is -2.05. The highest BCUT2D eigenvalue weighted by molar-refractivity contribution is 5.05. The van der Waals surface area contributed by atoms with Crippen molar-refractivity contribution < 1.29 is 5.11 Å². The molecule has 13 heavy (non-hydrogen) atoms. The van der Waals surface area contributed by atoms with E-state index in [0.29, 0.717) is 11.6 Å². The standard InChI is InChI=1S/C9H17N3O/c1-7(2)4-5-12-8(3)9(6-13)10-11-12/h7,13H,4-6H2,1-3H3. The van der Waals surface area contributed by atoms with Gasteiger partial charge in [0, 0.05) is 6.54 Å². The Kier molecular flexibility index (Phi) is 3.42. The van der Waals surface area contributed by atoms with Gasteiger partial charge in [-0.2, -0.15) is 0 Å². The average Bonchev–Trinajstić information content (AvgIpc) is 2.43. The van der Waals surface area contributed by atoms with E-state index >= 15 is 0 Å². The molecular formula is C9H17N3O. The average molecular weight is 183 g/mol. The lowest BCUT2D eigenvalue weighted by atomic mass is 10.1. The molecule has 0 aromatic carbocycles. The number of nitrogens with zero attached hydrogens (tertiary/aromatic N) is 3. The largest absolute Gasteiger partial charge is 0.390 e. The minimum Gasteiger partial charge on any atom is -0.390 e. The minimum atomic E-state index is -0.0203. The zero-order chi connectivity index (χ0) is 9.84. The van der Waals surface area contributed by atoms with Gasteiger partial charge in [-0.3, -0.25) is 0 Å². The van der Waals surface area contributed by atoms with E-state index in [1.54, 1.807) is 0 Å². The van der Waals surface area contributed by atoms with Gasteiger partial charge in [0.1, 0.15) is 5.69 Å². The smallest absolute Gasteiger partial charge is 0.111 e. The second-order valence-electron chi connectivity index (χ2n) is 3.69. The second kappa shape index (κ2) is 4.37. The van der Waals surface area contributed by atoms with Crippen LogP contribution in [0.5, 0.6) is 0 Å². The molecule has 0 atom stereocenters. The van der Waals surface area contributed by atoms with Gasteiger partial charge in [-0.05, 0) is 19.3 Å². The van der Waals surface area contributed by atoms with Gasteiger partial charge in [-0.1, -0.05) is 19.1 Å². The topological polar surface area (TPSA) is 50.9 Å². The highest BCUT2D eigenvalue weighted by Gasteiger charge is 2.06. The van der Waals surface area contributed by atoms with Gasteiger partial charge in [0.25, 0.3) is 0 Å². The van der Waals surface area contributed by atoms with Crippen molar-refractivity contribution in [3.8, 4) is 0 Å². The number of rotatable bonds is 4. The molecule has 0 aliphatic heterocycles. The van der Waals surface area contributed by atoms with Gasteiger partial charge >= 0.3 is 0 Å². The number of aromatic nitrogens is 3. The van der Waals surface area contributed by atoms with Crippen molar-refractivity contribution in [1.29, 1.82) is 0 Å². The third-order valence-electron chi connectivity index (χ3n) is 2.15. The Morgan fingerprint density at radius 2 is 2.15 bits per heavy atom. The lowest BCUT2D eigenvalue weighted by Gasteiger charge is -2.05. The Balaban J connectivity index is 2.62. The highest BCUT2D eigenvalue weighted by Crippen LogP contribution is 2.07. The fourth-order valence-electron chi connectivity index (χ4n) is 1.14. The Labute approximate surface area is 78.6 Å². The van der Waals surface area contributed by atoms with Gasteiger partial charge in [0.2, 0.25) is 0 Å². The van der Waals surface area contributed by atoms with Crippen LogP contribution in [-0.2, 0) is 13.2 Å². The van der Waals surface area contributed by atoms with Crippen molar-refractivity contribution in [2.75, 3.05) is 0 Å². The summed E-state index contributed by atoms with van der Waals surface area (Å²) in [6.45, 7) is 7.16. The van der Waals surface area contributed by atoms with Crippen LogP contribution in [0.2, 0.25) is 0 Å². The molecule has 0 spiro atoms. The fourth-order valence-corrected chi connectivity index (χ4v) is 1.14. The summed E-state index contributed by atoms with van der Waals surface area (Å²) in [5.41, 5.74) is 1.66. The molecule has 0 amide bonds. The Morgan fingerprint density at radius 1 is 1.46 bits per heavy atom. The number of hydrogen-bond acceptors (Lipinski definition) is 3. The summed E-state index contributed by atoms with van der Waals surface area (Å²) >= 11 is 0. The normalized spacial score (nSPS) is 11.2. The maximum Gasteiger partial charge on any atom is 0.111 e. The maximum atomic E-state index is 8.89. The molecule has 0 saturated carbocycles. The molecule has 1 rings (SSSR count). The molecular weight excluding hydrogens is 166 g/mol. The quantitative estimate of drug-likeness (QED) is 0.761. The molecule has 1 aromatic rings. The van der Waals surface area contributed by atoms with Gasteiger partial charge in [0.15, 0.2) is 0 Å². The van der Waals surface area contributed by atoms with Crippen LogP contribution in [0.1, 0.15) is 31.7 Å². The van der Waals surface area contributed by atoms with E-state index in [-0.39, 0.29) is 6.61 Å². The van der Waals surface area contributed by atoms with Crippen LogP contribution in [0.4, 0.5) is 0 Å². The minimum absolute atomic E-state index is 0.0203. The maximum absolute atomic E-state index is 8.89. The first-order chi connectivity index (χ1) is 6.15. The molecule has 1 N–H and O–H groups in total. The molecule has 0 aliphatic rings. The summed E-state index contributed by atoms with van der Waals surface area (Å²) in [4.78, 5) is 0. The molecule has 74 valence electrons. The Bertz CT molecular complexity index is 268. The van der Waals surface area contributed by atoms with Crippen molar-refractivity contribution in [3.63, 3.8) is 0 Å². The van der Waals surface area contributed by atoms with Crippen LogP contribution < -0.4 is 0 Å². The monoisotopic (exact) mass is 183 g/mol. The molecule has 0 saturated heterocycles. The fraction of sp³-hybridized carbons (Fsp3) is 0.778. The van der Waals surface area contributed by atoms with E-state index in [1.807, 2.05) is 11.6 Å². The summed E-state index contributed by atoms with van der Waals surface area (Å²) in [6.07, 6.45) is 1.09. The number of aliphatic hydroxyl groups is 1. The highest BCUT2D eigenvalue weighted by atomic mass is 16.3. The Morgan fingerprint density at radius 3 is 2.62 bits per heavy atom. The predicted molar refractivity (Wildman–Crippen MR) is 50.1 cm³/mol. The van der Waals surface area contributed by atoms with Crippen LogP contribution in [-0.4, -0.2) is 20.1 Å². The Hall–Kier alpha value is -0.900. The molecule has 0 fully saturated rings. The van der Waals surface area contributed by atoms with Crippen LogP contribution in [0.25, 0.3) is 0 Å². The first kappa shape index (κ1) is 10.2. The summed E-state index contributed by atoms with van der Waals surface area (Å²) in [6, 6.07) is 0. The molecule has 1 heterocycles. The van der Waals surface area contributed by atoms with E-state index in [0.717, 1.165) is 18.7 Å². The molecule has 1 aromatic heterocycles. The van der Waals surface area contributed by atoms with E-state index in [4.69, 9.17) is 5.11 Å². The van der Waals surface area contributed by atoms with Gasteiger partial charge < -0.3 is 5.11 Å². The van der Waals surface area contributed by atoms with E-state index < -0.39 is 0 Å².